The lowest BCUT2D eigenvalue weighted by Gasteiger charge is -2.06. The van der Waals surface area contributed by atoms with Crippen molar-refractivity contribution in [1.29, 1.82) is 0 Å². The average molecular weight is 409 g/mol. The van der Waals surface area contributed by atoms with Crippen molar-refractivity contribution in [2.24, 2.45) is 0 Å². The zero-order valence-electron chi connectivity index (χ0n) is 14.1. The quantitative estimate of drug-likeness (QED) is 0.425. The Hall–Kier alpha value is -3.29. The number of fused-ring (bicyclic) bond motifs is 2. The Labute approximate surface area is 168 Å². The van der Waals surface area contributed by atoms with Crippen LogP contribution in [0.25, 0.3) is 28.1 Å². The zero-order valence-corrected chi connectivity index (χ0v) is 15.6. The summed E-state index contributed by atoms with van der Waals surface area (Å²) in [5.74, 6) is 1.49. The molecule has 136 valence electrons. The topological polar surface area (TPSA) is 78.1 Å². The Morgan fingerprint density at radius 1 is 0.786 bits per heavy atom. The number of rotatable bonds is 3. The fourth-order valence-corrected chi connectivity index (χ4v) is 3.34. The number of hydrogen-bond acceptors (Lipinski definition) is 6. The highest BCUT2D eigenvalue weighted by Gasteiger charge is 2.12. The molecule has 0 atom stereocenters. The van der Waals surface area contributed by atoms with Crippen molar-refractivity contribution in [2.45, 2.75) is 0 Å². The van der Waals surface area contributed by atoms with Crippen LogP contribution < -0.4 is 4.74 Å². The third-order valence-electron chi connectivity index (χ3n) is 4.02. The summed E-state index contributed by atoms with van der Waals surface area (Å²) in [6.45, 7) is 0. The van der Waals surface area contributed by atoms with Crippen LogP contribution in [-0.4, -0.2) is 29.8 Å². The standard InChI is InChI=1S/C19H10Cl2N6O/c20-12-7-11(8-13(21)9-12)19-25-24-17-3-4-18(26-27(17)19)28-14-1-2-15-16(10-14)23-6-5-22-15/h1-10H. The lowest BCUT2D eigenvalue weighted by molar-refractivity contribution is 0.453. The van der Waals surface area contributed by atoms with Gasteiger partial charge >= 0.3 is 0 Å². The molecule has 0 unspecified atom stereocenters. The first-order chi connectivity index (χ1) is 13.7. The molecule has 0 saturated carbocycles. The van der Waals surface area contributed by atoms with E-state index in [0.717, 1.165) is 11.0 Å². The van der Waals surface area contributed by atoms with Crippen LogP contribution in [-0.2, 0) is 0 Å². The molecule has 0 N–H and O–H groups in total. The summed E-state index contributed by atoms with van der Waals surface area (Å²) in [6.07, 6.45) is 3.28. The van der Waals surface area contributed by atoms with Crippen LogP contribution in [0.4, 0.5) is 0 Å². The Kier molecular flexibility index (Phi) is 4.03. The number of benzene rings is 2. The number of halogens is 2. The lowest BCUT2D eigenvalue weighted by atomic mass is 10.2. The monoisotopic (exact) mass is 408 g/mol. The average Bonchev–Trinajstić information content (AvgIpc) is 3.10. The fourth-order valence-electron chi connectivity index (χ4n) is 2.82. The van der Waals surface area contributed by atoms with Gasteiger partial charge in [0.2, 0.25) is 5.88 Å². The third-order valence-corrected chi connectivity index (χ3v) is 4.46. The van der Waals surface area contributed by atoms with Crippen LogP contribution in [0, 0.1) is 0 Å². The van der Waals surface area contributed by atoms with Crippen molar-refractivity contribution in [2.75, 3.05) is 0 Å². The van der Waals surface area contributed by atoms with Gasteiger partial charge in [-0.25, -0.2) is 0 Å². The first-order valence-electron chi connectivity index (χ1n) is 8.23. The van der Waals surface area contributed by atoms with Gasteiger partial charge in [0, 0.05) is 40.1 Å². The minimum absolute atomic E-state index is 0.380. The lowest BCUT2D eigenvalue weighted by Crippen LogP contribution is -1.98. The number of hydrogen-bond donors (Lipinski definition) is 0. The van der Waals surface area contributed by atoms with Gasteiger partial charge in [-0.2, -0.15) is 4.52 Å². The Balaban J connectivity index is 1.55. The maximum absolute atomic E-state index is 6.11. The molecule has 5 rings (SSSR count). The molecule has 0 fully saturated rings. The molecule has 0 aliphatic carbocycles. The van der Waals surface area contributed by atoms with Crippen molar-refractivity contribution < 1.29 is 4.74 Å². The molecule has 28 heavy (non-hydrogen) atoms. The van der Waals surface area contributed by atoms with E-state index in [4.69, 9.17) is 27.9 Å². The molecule has 0 aliphatic rings. The summed E-state index contributed by atoms with van der Waals surface area (Å²) < 4.78 is 7.48. The first-order valence-corrected chi connectivity index (χ1v) is 8.99. The molecular formula is C19H10Cl2N6O. The summed E-state index contributed by atoms with van der Waals surface area (Å²) in [5.41, 5.74) is 2.80. The van der Waals surface area contributed by atoms with E-state index < -0.39 is 0 Å². The van der Waals surface area contributed by atoms with Crippen LogP contribution in [0.15, 0.2) is 60.9 Å². The minimum Gasteiger partial charge on any atom is -0.438 e. The maximum Gasteiger partial charge on any atom is 0.237 e. The van der Waals surface area contributed by atoms with E-state index in [1.165, 1.54) is 0 Å². The second-order valence-electron chi connectivity index (χ2n) is 5.93. The van der Waals surface area contributed by atoms with Crippen LogP contribution in [0.2, 0.25) is 10.0 Å². The van der Waals surface area contributed by atoms with Gasteiger partial charge in [-0.3, -0.25) is 9.97 Å². The maximum atomic E-state index is 6.11. The van der Waals surface area contributed by atoms with E-state index in [1.54, 1.807) is 53.3 Å². The van der Waals surface area contributed by atoms with Gasteiger partial charge < -0.3 is 4.74 Å². The normalized spacial score (nSPS) is 11.2. The smallest absolute Gasteiger partial charge is 0.237 e. The third kappa shape index (κ3) is 3.11. The van der Waals surface area contributed by atoms with E-state index in [-0.39, 0.29) is 0 Å². The predicted octanol–water partition coefficient (Wildman–Crippen LogP) is 4.83. The summed E-state index contributed by atoms with van der Waals surface area (Å²) in [7, 11) is 0. The van der Waals surface area contributed by atoms with Crippen LogP contribution in [0.5, 0.6) is 11.6 Å². The summed E-state index contributed by atoms with van der Waals surface area (Å²) in [4.78, 5) is 8.53. The number of nitrogens with zero attached hydrogens (tertiary/aromatic N) is 6. The van der Waals surface area contributed by atoms with E-state index in [2.05, 4.69) is 25.3 Å². The van der Waals surface area contributed by atoms with Gasteiger partial charge in [0.1, 0.15) is 5.75 Å². The van der Waals surface area contributed by atoms with Gasteiger partial charge in [0.15, 0.2) is 11.5 Å². The van der Waals surface area contributed by atoms with Gasteiger partial charge in [-0.1, -0.05) is 23.2 Å². The first kappa shape index (κ1) is 16.9. The van der Waals surface area contributed by atoms with Crippen molar-refractivity contribution in [3.05, 3.63) is 71.0 Å². The van der Waals surface area contributed by atoms with E-state index in [0.29, 0.717) is 38.7 Å². The highest BCUT2D eigenvalue weighted by molar-refractivity contribution is 6.35. The van der Waals surface area contributed by atoms with Gasteiger partial charge in [-0.05, 0) is 36.4 Å². The molecule has 7 nitrogen and oxygen atoms in total. The molecule has 0 bridgehead atoms. The molecule has 0 radical (unpaired) electrons. The van der Waals surface area contributed by atoms with Gasteiger partial charge in [0.05, 0.1) is 11.0 Å². The van der Waals surface area contributed by atoms with Crippen molar-refractivity contribution in [3.63, 3.8) is 0 Å². The largest absolute Gasteiger partial charge is 0.438 e. The van der Waals surface area contributed by atoms with Crippen molar-refractivity contribution >= 4 is 39.9 Å². The molecule has 3 aromatic heterocycles. The molecule has 9 heteroatoms. The van der Waals surface area contributed by atoms with E-state index >= 15 is 0 Å². The molecule has 5 aromatic rings. The minimum atomic E-state index is 0.380. The Morgan fingerprint density at radius 2 is 1.57 bits per heavy atom. The van der Waals surface area contributed by atoms with Crippen molar-refractivity contribution in [1.82, 2.24) is 29.8 Å². The van der Waals surface area contributed by atoms with Crippen LogP contribution in [0.3, 0.4) is 0 Å². The second-order valence-corrected chi connectivity index (χ2v) is 6.81. The van der Waals surface area contributed by atoms with Crippen molar-refractivity contribution in [3.8, 4) is 23.0 Å². The number of aromatic nitrogens is 6. The Bertz CT molecular complexity index is 1320. The van der Waals surface area contributed by atoms with E-state index in [9.17, 15) is 0 Å². The highest BCUT2D eigenvalue weighted by atomic mass is 35.5. The summed E-state index contributed by atoms with van der Waals surface area (Å²) >= 11 is 12.2. The molecule has 0 spiro atoms. The SMILES string of the molecule is Clc1cc(Cl)cc(-c2nnc3ccc(Oc4ccc5nccnc5c4)nn23)c1. The predicted molar refractivity (Wildman–Crippen MR) is 106 cm³/mol. The summed E-state index contributed by atoms with van der Waals surface area (Å²) in [5, 5.41) is 13.8. The van der Waals surface area contributed by atoms with E-state index in [1.807, 2.05) is 12.1 Å². The fraction of sp³-hybridized carbons (Fsp3) is 0. The second kappa shape index (κ2) is 6.70. The van der Waals surface area contributed by atoms with Gasteiger partial charge in [-0.15, -0.1) is 15.3 Å². The molecule has 2 aromatic carbocycles. The molecule has 0 saturated heterocycles. The molecule has 0 amide bonds. The molecule has 0 aliphatic heterocycles. The van der Waals surface area contributed by atoms with Crippen LogP contribution in [0.1, 0.15) is 0 Å². The number of ether oxygens (including phenoxy) is 1. The van der Waals surface area contributed by atoms with Gasteiger partial charge in [0.25, 0.3) is 0 Å². The zero-order chi connectivity index (χ0) is 19.1. The Morgan fingerprint density at radius 3 is 2.39 bits per heavy atom. The van der Waals surface area contributed by atoms with Crippen LogP contribution >= 0.6 is 23.2 Å². The summed E-state index contributed by atoms with van der Waals surface area (Å²) in [6, 6.07) is 14.1. The highest BCUT2D eigenvalue weighted by Crippen LogP contribution is 2.27. The molecular weight excluding hydrogens is 399 g/mol. The molecule has 3 heterocycles.